The number of hydrogen-bond acceptors (Lipinski definition) is 1. The van der Waals surface area contributed by atoms with E-state index < -0.39 is 0 Å². The standard InChI is InChI=1S/C12H20N2/c1-9-8-11(10(2)14-9)12(13)6-4-3-5-7-12/h8,14H,3-7,13H2,1-2H3. The zero-order valence-corrected chi connectivity index (χ0v) is 9.19. The van der Waals surface area contributed by atoms with Crippen LogP contribution >= 0.6 is 0 Å². The van der Waals surface area contributed by atoms with Crippen LogP contribution in [0.4, 0.5) is 0 Å². The number of nitrogens with two attached hydrogens (primary N) is 1. The van der Waals surface area contributed by atoms with Crippen molar-refractivity contribution in [2.45, 2.75) is 51.5 Å². The van der Waals surface area contributed by atoms with Crippen molar-refractivity contribution < 1.29 is 0 Å². The molecule has 1 aromatic heterocycles. The molecule has 2 heteroatoms. The van der Waals surface area contributed by atoms with E-state index in [1.54, 1.807) is 0 Å². The van der Waals surface area contributed by atoms with Crippen LogP contribution in [0.15, 0.2) is 6.07 Å². The highest BCUT2D eigenvalue weighted by Gasteiger charge is 2.31. The summed E-state index contributed by atoms with van der Waals surface area (Å²) in [6.07, 6.45) is 6.19. The predicted molar refractivity (Wildman–Crippen MR) is 59.2 cm³/mol. The molecule has 1 aliphatic carbocycles. The highest BCUT2D eigenvalue weighted by molar-refractivity contribution is 5.32. The van der Waals surface area contributed by atoms with Gasteiger partial charge in [0.2, 0.25) is 0 Å². The van der Waals surface area contributed by atoms with E-state index >= 15 is 0 Å². The van der Waals surface area contributed by atoms with Crippen LogP contribution in [0.2, 0.25) is 0 Å². The number of aromatic nitrogens is 1. The molecule has 0 radical (unpaired) electrons. The molecule has 78 valence electrons. The monoisotopic (exact) mass is 192 g/mol. The first-order valence-corrected chi connectivity index (χ1v) is 5.57. The molecule has 1 fully saturated rings. The highest BCUT2D eigenvalue weighted by atomic mass is 14.8. The summed E-state index contributed by atoms with van der Waals surface area (Å²) in [5.74, 6) is 0. The van der Waals surface area contributed by atoms with Gasteiger partial charge in [-0.3, -0.25) is 0 Å². The second kappa shape index (κ2) is 3.43. The summed E-state index contributed by atoms with van der Waals surface area (Å²) in [6.45, 7) is 4.23. The molecule has 2 nitrogen and oxygen atoms in total. The summed E-state index contributed by atoms with van der Waals surface area (Å²) in [4.78, 5) is 3.35. The summed E-state index contributed by atoms with van der Waals surface area (Å²) < 4.78 is 0. The van der Waals surface area contributed by atoms with Crippen molar-refractivity contribution in [3.63, 3.8) is 0 Å². The fourth-order valence-electron chi connectivity index (χ4n) is 2.69. The van der Waals surface area contributed by atoms with Crippen molar-refractivity contribution >= 4 is 0 Å². The molecule has 1 heterocycles. The van der Waals surface area contributed by atoms with Crippen molar-refractivity contribution in [1.82, 2.24) is 4.98 Å². The summed E-state index contributed by atoms with van der Waals surface area (Å²) >= 11 is 0. The van der Waals surface area contributed by atoms with Gasteiger partial charge in [-0.25, -0.2) is 0 Å². The van der Waals surface area contributed by atoms with Gasteiger partial charge in [0.05, 0.1) is 0 Å². The zero-order valence-electron chi connectivity index (χ0n) is 9.19. The number of hydrogen-bond donors (Lipinski definition) is 2. The fourth-order valence-corrected chi connectivity index (χ4v) is 2.69. The number of rotatable bonds is 1. The predicted octanol–water partition coefficient (Wildman–Crippen LogP) is 2.75. The number of aryl methyl sites for hydroxylation is 2. The molecule has 14 heavy (non-hydrogen) atoms. The Bertz CT molecular complexity index is 319. The zero-order chi connectivity index (χ0) is 10.2. The quantitative estimate of drug-likeness (QED) is 0.706. The SMILES string of the molecule is Cc1cc(C2(N)CCCCC2)c(C)[nH]1. The molecule has 3 N–H and O–H groups in total. The largest absolute Gasteiger partial charge is 0.362 e. The van der Waals surface area contributed by atoms with Crippen LogP contribution in [-0.4, -0.2) is 4.98 Å². The smallest absolute Gasteiger partial charge is 0.0427 e. The van der Waals surface area contributed by atoms with E-state index in [-0.39, 0.29) is 5.54 Å². The van der Waals surface area contributed by atoms with Gasteiger partial charge in [-0.1, -0.05) is 19.3 Å². The van der Waals surface area contributed by atoms with Crippen LogP contribution in [-0.2, 0) is 5.54 Å². The van der Waals surface area contributed by atoms with Crippen LogP contribution in [0.25, 0.3) is 0 Å². The lowest BCUT2D eigenvalue weighted by Gasteiger charge is -2.33. The van der Waals surface area contributed by atoms with Gasteiger partial charge in [-0.2, -0.15) is 0 Å². The van der Waals surface area contributed by atoms with Gasteiger partial charge in [0.15, 0.2) is 0 Å². The van der Waals surface area contributed by atoms with Crippen LogP contribution in [0.3, 0.4) is 0 Å². The van der Waals surface area contributed by atoms with E-state index in [2.05, 4.69) is 24.9 Å². The van der Waals surface area contributed by atoms with Crippen LogP contribution in [0.1, 0.15) is 49.1 Å². The van der Waals surface area contributed by atoms with E-state index in [4.69, 9.17) is 5.73 Å². The van der Waals surface area contributed by atoms with Crippen LogP contribution in [0.5, 0.6) is 0 Å². The molecule has 0 atom stereocenters. The Labute approximate surface area is 85.9 Å². The number of H-pyrrole nitrogens is 1. The summed E-state index contributed by atoms with van der Waals surface area (Å²) in [5, 5.41) is 0. The summed E-state index contributed by atoms with van der Waals surface area (Å²) in [5.41, 5.74) is 10.3. The fraction of sp³-hybridized carbons (Fsp3) is 0.667. The molecule has 0 spiro atoms. The van der Waals surface area contributed by atoms with Gasteiger partial charge >= 0.3 is 0 Å². The summed E-state index contributed by atoms with van der Waals surface area (Å²) in [7, 11) is 0. The highest BCUT2D eigenvalue weighted by Crippen LogP contribution is 2.36. The molecule has 0 unspecified atom stereocenters. The third kappa shape index (κ3) is 1.59. The van der Waals surface area contributed by atoms with Crippen molar-refractivity contribution in [1.29, 1.82) is 0 Å². The number of nitrogens with one attached hydrogen (secondary N) is 1. The van der Waals surface area contributed by atoms with Crippen LogP contribution in [0, 0.1) is 13.8 Å². The lowest BCUT2D eigenvalue weighted by molar-refractivity contribution is 0.301. The second-order valence-electron chi connectivity index (χ2n) is 4.71. The van der Waals surface area contributed by atoms with Gasteiger partial charge in [0.1, 0.15) is 0 Å². The number of aromatic amines is 1. The molecular formula is C12H20N2. The Morgan fingerprint density at radius 3 is 2.36 bits per heavy atom. The lowest BCUT2D eigenvalue weighted by atomic mass is 9.77. The average Bonchev–Trinajstić information content (AvgIpc) is 2.47. The molecule has 0 saturated heterocycles. The Kier molecular flexibility index (Phi) is 2.40. The molecule has 0 aromatic carbocycles. The Morgan fingerprint density at radius 1 is 1.21 bits per heavy atom. The van der Waals surface area contributed by atoms with Gasteiger partial charge in [-0.05, 0) is 38.3 Å². The van der Waals surface area contributed by atoms with Gasteiger partial charge < -0.3 is 10.7 Å². The van der Waals surface area contributed by atoms with E-state index in [0.29, 0.717) is 0 Å². The van der Waals surface area contributed by atoms with E-state index in [9.17, 15) is 0 Å². The molecular weight excluding hydrogens is 172 g/mol. The maximum atomic E-state index is 6.47. The van der Waals surface area contributed by atoms with E-state index in [1.807, 2.05) is 0 Å². The van der Waals surface area contributed by atoms with Crippen LogP contribution < -0.4 is 5.73 Å². The minimum atomic E-state index is -0.0485. The topological polar surface area (TPSA) is 41.8 Å². The molecule has 1 aromatic rings. The minimum absolute atomic E-state index is 0.0485. The molecule has 0 bridgehead atoms. The third-order valence-corrected chi connectivity index (χ3v) is 3.43. The van der Waals surface area contributed by atoms with Crippen molar-refractivity contribution in [2.75, 3.05) is 0 Å². The third-order valence-electron chi connectivity index (χ3n) is 3.43. The average molecular weight is 192 g/mol. The van der Waals surface area contributed by atoms with Crippen molar-refractivity contribution in [2.24, 2.45) is 5.73 Å². The van der Waals surface area contributed by atoms with Gasteiger partial charge in [0, 0.05) is 16.9 Å². The van der Waals surface area contributed by atoms with Crippen molar-refractivity contribution in [3.05, 3.63) is 23.0 Å². The Hall–Kier alpha value is -0.760. The second-order valence-corrected chi connectivity index (χ2v) is 4.71. The maximum Gasteiger partial charge on any atom is 0.0427 e. The first-order chi connectivity index (χ1) is 6.62. The first-order valence-electron chi connectivity index (χ1n) is 5.57. The van der Waals surface area contributed by atoms with Gasteiger partial charge in [-0.15, -0.1) is 0 Å². The maximum absolute atomic E-state index is 6.47. The lowest BCUT2D eigenvalue weighted by Crippen LogP contribution is -2.38. The first kappa shape index (κ1) is 9.78. The normalized spacial score (nSPS) is 21.1. The molecule has 1 aliphatic rings. The Balaban J connectivity index is 2.32. The minimum Gasteiger partial charge on any atom is -0.362 e. The van der Waals surface area contributed by atoms with E-state index in [0.717, 1.165) is 12.8 Å². The van der Waals surface area contributed by atoms with Gasteiger partial charge in [0.25, 0.3) is 0 Å². The molecule has 2 rings (SSSR count). The Morgan fingerprint density at radius 2 is 1.86 bits per heavy atom. The molecule has 0 amide bonds. The molecule has 1 saturated carbocycles. The van der Waals surface area contributed by atoms with Crippen molar-refractivity contribution in [3.8, 4) is 0 Å². The molecule has 0 aliphatic heterocycles. The summed E-state index contributed by atoms with van der Waals surface area (Å²) in [6, 6.07) is 2.22. The van der Waals surface area contributed by atoms with E-state index in [1.165, 1.54) is 36.2 Å².